The number of aryl methyl sites for hydroxylation is 1. The second-order valence-electron chi connectivity index (χ2n) is 5.91. The fourth-order valence-electron chi connectivity index (χ4n) is 3.20. The van der Waals surface area contributed by atoms with Crippen LogP contribution in [-0.2, 0) is 4.79 Å². The molecule has 1 N–H and O–H groups in total. The van der Waals surface area contributed by atoms with Gasteiger partial charge in [-0.3, -0.25) is 9.78 Å². The van der Waals surface area contributed by atoms with Gasteiger partial charge in [-0.25, -0.2) is 0 Å². The van der Waals surface area contributed by atoms with Gasteiger partial charge in [0.15, 0.2) is 0 Å². The van der Waals surface area contributed by atoms with Crippen molar-refractivity contribution in [2.45, 2.75) is 26.7 Å². The standard InChI is InChI=1S/C17H19ClN2O2/c1-10-11(2)19-15-13(4-3-5-14(15)18)16(10)20-8-6-12(7-9-20)17(21)22/h3-5,12H,6-9H2,1-2H3,(H,21,22). The van der Waals surface area contributed by atoms with Crippen molar-refractivity contribution < 1.29 is 9.90 Å². The van der Waals surface area contributed by atoms with Crippen LogP contribution >= 0.6 is 11.6 Å². The first-order valence-electron chi connectivity index (χ1n) is 7.52. The largest absolute Gasteiger partial charge is 0.481 e. The molecule has 0 amide bonds. The van der Waals surface area contributed by atoms with E-state index in [1.54, 1.807) is 0 Å². The molecule has 1 aliphatic rings. The van der Waals surface area contributed by atoms with Gasteiger partial charge < -0.3 is 10.0 Å². The van der Waals surface area contributed by atoms with Crippen LogP contribution in [0.1, 0.15) is 24.1 Å². The number of hydrogen-bond acceptors (Lipinski definition) is 3. The second kappa shape index (κ2) is 5.76. The zero-order valence-corrected chi connectivity index (χ0v) is 13.5. The molecule has 0 bridgehead atoms. The van der Waals surface area contributed by atoms with Crippen molar-refractivity contribution >= 4 is 34.2 Å². The van der Waals surface area contributed by atoms with Crippen LogP contribution in [0.15, 0.2) is 18.2 Å². The number of rotatable bonds is 2. The molecule has 1 fully saturated rings. The first kappa shape index (κ1) is 15.1. The van der Waals surface area contributed by atoms with Crippen LogP contribution in [0, 0.1) is 19.8 Å². The van der Waals surface area contributed by atoms with E-state index >= 15 is 0 Å². The van der Waals surface area contributed by atoms with Gasteiger partial charge in [0, 0.05) is 24.2 Å². The van der Waals surface area contributed by atoms with Crippen LogP contribution in [-0.4, -0.2) is 29.1 Å². The summed E-state index contributed by atoms with van der Waals surface area (Å²) in [4.78, 5) is 18.0. The lowest BCUT2D eigenvalue weighted by Crippen LogP contribution is -2.37. The Morgan fingerprint density at radius 1 is 1.32 bits per heavy atom. The number of aliphatic carboxylic acids is 1. The number of carbonyl (C=O) groups is 1. The Morgan fingerprint density at radius 2 is 2.00 bits per heavy atom. The Kier molecular flexibility index (Phi) is 3.96. The summed E-state index contributed by atoms with van der Waals surface area (Å²) in [6, 6.07) is 5.83. The highest BCUT2D eigenvalue weighted by atomic mass is 35.5. The number of benzene rings is 1. The van der Waals surface area contributed by atoms with E-state index in [1.165, 1.54) is 0 Å². The lowest BCUT2D eigenvalue weighted by molar-refractivity contribution is -0.142. The van der Waals surface area contributed by atoms with Gasteiger partial charge in [-0.1, -0.05) is 23.7 Å². The van der Waals surface area contributed by atoms with Gasteiger partial charge in [0.05, 0.1) is 22.1 Å². The van der Waals surface area contributed by atoms with E-state index in [1.807, 2.05) is 25.1 Å². The number of carboxylic acids is 1. The fourth-order valence-corrected chi connectivity index (χ4v) is 3.42. The number of piperidine rings is 1. The molecule has 0 atom stereocenters. The van der Waals surface area contributed by atoms with Crippen LogP contribution in [0.3, 0.4) is 0 Å². The molecule has 116 valence electrons. The monoisotopic (exact) mass is 318 g/mol. The second-order valence-corrected chi connectivity index (χ2v) is 6.31. The summed E-state index contributed by atoms with van der Waals surface area (Å²) in [5.41, 5.74) is 4.08. The van der Waals surface area contributed by atoms with Crippen LogP contribution in [0.5, 0.6) is 0 Å². The lowest BCUT2D eigenvalue weighted by Gasteiger charge is -2.34. The predicted molar refractivity (Wildman–Crippen MR) is 88.8 cm³/mol. The van der Waals surface area contributed by atoms with Gasteiger partial charge in [0.25, 0.3) is 0 Å². The zero-order valence-electron chi connectivity index (χ0n) is 12.8. The molecule has 1 aromatic carbocycles. The van der Waals surface area contributed by atoms with Crippen molar-refractivity contribution in [3.63, 3.8) is 0 Å². The van der Waals surface area contributed by atoms with Crippen LogP contribution in [0.25, 0.3) is 10.9 Å². The number of halogens is 1. The summed E-state index contributed by atoms with van der Waals surface area (Å²) < 4.78 is 0. The molecule has 2 aromatic rings. The van der Waals surface area contributed by atoms with E-state index in [-0.39, 0.29) is 5.92 Å². The summed E-state index contributed by atoms with van der Waals surface area (Å²) in [6.45, 7) is 5.57. The zero-order chi connectivity index (χ0) is 15.9. The van der Waals surface area contributed by atoms with Gasteiger partial charge in [0.1, 0.15) is 0 Å². The van der Waals surface area contributed by atoms with Crippen LogP contribution < -0.4 is 4.90 Å². The molecule has 22 heavy (non-hydrogen) atoms. The molecular formula is C17H19ClN2O2. The quantitative estimate of drug-likeness (QED) is 0.915. The summed E-state index contributed by atoms with van der Waals surface area (Å²) in [7, 11) is 0. The summed E-state index contributed by atoms with van der Waals surface area (Å²) in [5, 5.41) is 10.9. The van der Waals surface area contributed by atoms with E-state index in [0.29, 0.717) is 17.9 Å². The Morgan fingerprint density at radius 3 is 2.64 bits per heavy atom. The van der Waals surface area contributed by atoms with Crippen molar-refractivity contribution in [3.8, 4) is 0 Å². The maximum atomic E-state index is 11.1. The maximum absolute atomic E-state index is 11.1. The number of para-hydroxylation sites is 1. The SMILES string of the molecule is Cc1nc2c(Cl)cccc2c(N2CCC(C(=O)O)CC2)c1C. The minimum atomic E-state index is -0.685. The summed E-state index contributed by atoms with van der Waals surface area (Å²) in [5.74, 6) is -0.912. The minimum absolute atomic E-state index is 0.227. The van der Waals surface area contributed by atoms with Crippen molar-refractivity contribution in [2.24, 2.45) is 5.92 Å². The smallest absolute Gasteiger partial charge is 0.306 e. The van der Waals surface area contributed by atoms with Crippen molar-refractivity contribution in [3.05, 3.63) is 34.5 Å². The van der Waals surface area contributed by atoms with E-state index in [9.17, 15) is 4.79 Å². The highest BCUT2D eigenvalue weighted by Gasteiger charge is 2.26. The molecule has 3 rings (SSSR count). The third-order valence-corrected chi connectivity index (χ3v) is 4.88. The molecule has 0 spiro atoms. The average molecular weight is 319 g/mol. The lowest BCUT2D eigenvalue weighted by atomic mass is 9.95. The van der Waals surface area contributed by atoms with Crippen molar-refractivity contribution in [1.82, 2.24) is 4.98 Å². The highest BCUT2D eigenvalue weighted by molar-refractivity contribution is 6.35. The van der Waals surface area contributed by atoms with Crippen LogP contribution in [0.4, 0.5) is 5.69 Å². The number of carboxylic acid groups (broad SMARTS) is 1. The van der Waals surface area contributed by atoms with Crippen molar-refractivity contribution in [1.29, 1.82) is 0 Å². The number of nitrogens with zero attached hydrogens (tertiary/aromatic N) is 2. The van der Waals surface area contributed by atoms with Gasteiger partial charge >= 0.3 is 5.97 Å². The average Bonchev–Trinajstić information content (AvgIpc) is 2.50. The molecule has 5 heteroatoms. The highest BCUT2D eigenvalue weighted by Crippen LogP contribution is 2.36. The maximum Gasteiger partial charge on any atom is 0.306 e. The van der Waals surface area contributed by atoms with Gasteiger partial charge in [-0.2, -0.15) is 0 Å². The third-order valence-electron chi connectivity index (χ3n) is 4.58. The number of anilines is 1. The molecular weight excluding hydrogens is 300 g/mol. The molecule has 1 aliphatic heterocycles. The molecule has 1 saturated heterocycles. The summed E-state index contributed by atoms with van der Waals surface area (Å²) in [6.07, 6.45) is 1.36. The van der Waals surface area contributed by atoms with E-state index < -0.39 is 5.97 Å². The van der Waals surface area contributed by atoms with E-state index in [2.05, 4.69) is 16.8 Å². The first-order valence-corrected chi connectivity index (χ1v) is 7.90. The topological polar surface area (TPSA) is 53.4 Å². The Balaban J connectivity index is 2.05. The number of fused-ring (bicyclic) bond motifs is 1. The van der Waals surface area contributed by atoms with Crippen LogP contribution in [0.2, 0.25) is 5.02 Å². The van der Waals surface area contributed by atoms with Gasteiger partial charge in [0.2, 0.25) is 0 Å². The first-order chi connectivity index (χ1) is 10.5. The molecule has 0 saturated carbocycles. The molecule has 1 aromatic heterocycles. The molecule has 0 aliphatic carbocycles. The number of pyridine rings is 1. The molecule has 0 unspecified atom stereocenters. The third kappa shape index (κ3) is 2.52. The van der Waals surface area contributed by atoms with E-state index in [0.717, 1.165) is 40.9 Å². The molecule has 4 nitrogen and oxygen atoms in total. The number of aromatic nitrogens is 1. The van der Waals surface area contributed by atoms with Gasteiger partial charge in [-0.05, 0) is 38.3 Å². The fraction of sp³-hybridized carbons (Fsp3) is 0.412. The Hall–Kier alpha value is -1.81. The molecule has 2 heterocycles. The van der Waals surface area contributed by atoms with Crippen molar-refractivity contribution in [2.75, 3.05) is 18.0 Å². The minimum Gasteiger partial charge on any atom is -0.481 e. The van der Waals surface area contributed by atoms with E-state index in [4.69, 9.17) is 16.7 Å². The Bertz CT molecular complexity index is 737. The summed E-state index contributed by atoms with van der Waals surface area (Å²) >= 11 is 6.30. The normalized spacial score (nSPS) is 16.2. The predicted octanol–water partition coefficient (Wildman–Crippen LogP) is 3.81. The number of hydrogen-bond donors (Lipinski definition) is 1. The van der Waals surface area contributed by atoms with Gasteiger partial charge in [-0.15, -0.1) is 0 Å². The Labute approximate surface area is 134 Å². The molecule has 0 radical (unpaired) electrons.